The van der Waals surface area contributed by atoms with E-state index in [1.54, 1.807) is 16.8 Å². The van der Waals surface area contributed by atoms with Gasteiger partial charge in [-0.05, 0) is 23.8 Å². The maximum Gasteiger partial charge on any atom is 0.0876 e. The van der Waals surface area contributed by atoms with Gasteiger partial charge in [0.05, 0.1) is 17.6 Å². The summed E-state index contributed by atoms with van der Waals surface area (Å²) in [7, 11) is 0. The lowest BCUT2D eigenvalue weighted by Gasteiger charge is -2.05. The SMILES string of the molecule is Nc1cc(Cl)ccc1-n1cc(-c2ccccc2)cn1. The minimum atomic E-state index is 0.607. The van der Waals surface area contributed by atoms with Crippen molar-refractivity contribution in [1.82, 2.24) is 9.78 Å². The third-order valence-electron chi connectivity index (χ3n) is 2.93. The van der Waals surface area contributed by atoms with Crippen molar-refractivity contribution < 1.29 is 0 Å². The van der Waals surface area contributed by atoms with Crippen molar-refractivity contribution >= 4 is 17.3 Å². The molecule has 0 amide bonds. The van der Waals surface area contributed by atoms with Crippen LogP contribution in [0.2, 0.25) is 5.02 Å². The highest BCUT2D eigenvalue weighted by molar-refractivity contribution is 6.30. The second-order valence-corrected chi connectivity index (χ2v) is 4.68. The quantitative estimate of drug-likeness (QED) is 0.720. The molecule has 19 heavy (non-hydrogen) atoms. The average Bonchev–Trinajstić information content (AvgIpc) is 2.89. The van der Waals surface area contributed by atoms with E-state index in [1.807, 2.05) is 48.8 Å². The monoisotopic (exact) mass is 269 g/mol. The van der Waals surface area contributed by atoms with Gasteiger partial charge < -0.3 is 5.73 Å². The molecule has 0 fully saturated rings. The van der Waals surface area contributed by atoms with E-state index in [9.17, 15) is 0 Å². The topological polar surface area (TPSA) is 43.8 Å². The van der Waals surface area contributed by atoms with Gasteiger partial charge in [0, 0.05) is 16.8 Å². The van der Waals surface area contributed by atoms with Gasteiger partial charge in [0.2, 0.25) is 0 Å². The smallest absolute Gasteiger partial charge is 0.0876 e. The summed E-state index contributed by atoms with van der Waals surface area (Å²) in [4.78, 5) is 0. The summed E-state index contributed by atoms with van der Waals surface area (Å²) >= 11 is 5.90. The summed E-state index contributed by atoms with van der Waals surface area (Å²) in [6.45, 7) is 0. The Morgan fingerprint density at radius 2 is 1.79 bits per heavy atom. The molecule has 0 aliphatic heterocycles. The van der Waals surface area contributed by atoms with E-state index in [2.05, 4.69) is 5.10 Å². The third-order valence-corrected chi connectivity index (χ3v) is 3.16. The van der Waals surface area contributed by atoms with Crippen molar-refractivity contribution in [3.05, 3.63) is 65.9 Å². The van der Waals surface area contributed by atoms with Crippen LogP contribution in [0.4, 0.5) is 5.69 Å². The highest BCUT2D eigenvalue weighted by atomic mass is 35.5. The molecular formula is C15H12ClN3. The number of halogens is 1. The molecule has 0 aliphatic rings. The largest absolute Gasteiger partial charge is 0.397 e. The van der Waals surface area contributed by atoms with Crippen LogP contribution in [0.3, 0.4) is 0 Å². The Kier molecular flexibility index (Phi) is 2.97. The molecule has 1 aromatic heterocycles. The molecule has 2 N–H and O–H groups in total. The van der Waals surface area contributed by atoms with E-state index in [4.69, 9.17) is 17.3 Å². The van der Waals surface area contributed by atoms with E-state index in [-0.39, 0.29) is 0 Å². The van der Waals surface area contributed by atoms with Crippen LogP contribution >= 0.6 is 11.6 Å². The normalized spacial score (nSPS) is 10.6. The van der Waals surface area contributed by atoms with E-state index < -0.39 is 0 Å². The Balaban J connectivity index is 2.02. The first kappa shape index (κ1) is 11.8. The van der Waals surface area contributed by atoms with E-state index in [0.29, 0.717) is 10.7 Å². The summed E-state index contributed by atoms with van der Waals surface area (Å²) in [5, 5.41) is 4.97. The minimum absolute atomic E-state index is 0.607. The van der Waals surface area contributed by atoms with Gasteiger partial charge in [0.1, 0.15) is 0 Å². The Labute approximate surface area is 116 Å². The van der Waals surface area contributed by atoms with Crippen LogP contribution < -0.4 is 5.73 Å². The van der Waals surface area contributed by atoms with Crippen molar-refractivity contribution in [2.75, 3.05) is 5.73 Å². The molecule has 0 saturated heterocycles. The van der Waals surface area contributed by atoms with E-state index >= 15 is 0 Å². The Morgan fingerprint density at radius 1 is 1.00 bits per heavy atom. The zero-order valence-electron chi connectivity index (χ0n) is 10.1. The molecule has 0 unspecified atom stereocenters. The van der Waals surface area contributed by atoms with Gasteiger partial charge in [-0.15, -0.1) is 0 Å². The molecule has 3 aromatic rings. The minimum Gasteiger partial charge on any atom is -0.397 e. The van der Waals surface area contributed by atoms with Crippen LogP contribution in [0.15, 0.2) is 60.9 Å². The van der Waals surface area contributed by atoms with Crippen molar-refractivity contribution in [3.63, 3.8) is 0 Å². The highest BCUT2D eigenvalue weighted by Crippen LogP contribution is 2.24. The predicted octanol–water partition coefficient (Wildman–Crippen LogP) is 3.77. The Bertz CT molecular complexity index is 704. The summed E-state index contributed by atoms with van der Waals surface area (Å²) in [5.74, 6) is 0. The number of aromatic nitrogens is 2. The summed E-state index contributed by atoms with van der Waals surface area (Å²) in [6, 6.07) is 15.5. The van der Waals surface area contributed by atoms with E-state index in [0.717, 1.165) is 16.8 Å². The van der Waals surface area contributed by atoms with Crippen LogP contribution in [0.25, 0.3) is 16.8 Å². The first-order valence-corrected chi connectivity index (χ1v) is 6.27. The molecule has 94 valence electrons. The fourth-order valence-corrected chi connectivity index (χ4v) is 2.15. The highest BCUT2D eigenvalue weighted by Gasteiger charge is 2.06. The van der Waals surface area contributed by atoms with Gasteiger partial charge in [-0.2, -0.15) is 5.10 Å². The molecular weight excluding hydrogens is 258 g/mol. The molecule has 1 heterocycles. The molecule has 0 radical (unpaired) electrons. The fraction of sp³-hybridized carbons (Fsp3) is 0. The Morgan fingerprint density at radius 3 is 2.53 bits per heavy atom. The van der Waals surface area contributed by atoms with Crippen LogP contribution in [0.1, 0.15) is 0 Å². The molecule has 3 rings (SSSR count). The fourth-order valence-electron chi connectivity index (χ4n) is 1.97. The first-order chi connectivity index (χ1) is 9.24. The molecule has 0 spiro atoms. The average molecular weight is 270 g/mol. The van der Waals surface area contributed by atoms with Crippen LogP contribution in [-0.4, -0.2) is 9.78 Å². The lowest BCUT2D eigenvalue weighted by Crippen LogP contribution is -1.99. The van der Waals surface area contributed by atoms with Gasteiger partial charge >= 0.3 is 0 Å². The predicted molar refractivity (Wildman–Crippen MR) is 78.4 cm³/mol. The number of nitrogen functional groups attached to an aromatic ring is 1. The van der Waals surface area contributed by atoms with Gasteiger partial charge in [-0.25, -0.2) is 4.68 Å². The summed E-state index contributed by atoms with van der Waals surface area (Å²) in [5.41, 5.74) is 9.57. The van der Waals surface area contributed by atoms with E-state index in [1.165, 1.54) is 0 Å². The standard InChI is InChI=1S/C15H12ClN3/c16-13-6-7-15(14(17)8-13)19-10-12(9-18-19)11-4-2-1-3-5-11/h1-10H,17H2. The van der Waals surface area contributed by atoms with Crippen molar-refractivity contribution in [3.8, 4) is 16.8 Å². The molecule has 0 bridgehead atoms. The summed E-state index contributed by atoms with van der Waals surface area (Å²) < 4.78 is 1.76. The lowest BCUT2D eigenvalue weighted by molar-refractivity contribution is 0.883. The maximum absolute atomic E-state index is 5.96. The zero-order valence-corrected chi connectivity index (χ0v) is 10.9. The first-order valence-electron chi connectivity index (χ1n) is 5.89. The number of benzene rings is 2. The van der Waals surface area contributed by atoms with Crippen molar-refractivity contribution in [2.24, 2.45) is 0 Å². The van der Waals surface area contributed by atoms with Crippen molar-refractivity contribution in [1.29, 1.82) is 0 Å². The number of nitrogens with zero attached hydrogens (tertiary/aromatic N) is 2. The molecule has 3 nitrogen and oxygen atoms in total. The van der Waals surface area contributed by atoms with Crippen LogP contribution in [-0.2, 0) is 0 Å². The van der Waals surface area contributed by atoms with Crippen LogP contribution in [0, 0.1) is 0 Å². The zero-order chi connectivity index (χ0) is 13.2. The molecule has 2 aromatic carbocycles. The molecule has 0 aliphatic carbocycles. The molecule has 0 saturated carbocycles. The number of anilines is 1. The third kappa shape index (κ3) is 2.33. The van der Waals surface area contributed by atoms with Crippen LogP contribution in [0.5, 0.6) is 0 Å². The lowest BCUT2D eigenvalue weighted by atomic mass is 10.1. The number of rotatable bonds is 2. The van der Waals surface area contributed by atoms with Gasteiger partial charge in [-0.1, -0.05) is 41.9 Å². The number of nitrogens with two attached hydrogens (primary N) is 1. The Hall–Kier alpha value is -2.26. The van der Waals surface area contributed by atoms with Gasteiger partial charge in [0.25, 0.3) is 0 Å². The second kappa shape index (κ2) is 4.78. The number of hydrogen-bond acceptors (Lipinski definition) is 2. The number of hydrogen-bond donors (Lipinski definition) is 1. The maximum atomic E-state index is 5.96. The second-order valence-electron chi connectivity index (χ2n) is 4.24. The van der Waals surface area contributed by atoms with Gasteiger partial charge in [0.15, 0.2) is 0 Å². The molecule has 0 atom stereocenters. The summed E-state index contributed by atoms with van der Waals surface area (Å²) in [6.07, 6.45) is 3.78. The molecule has 4 heteroatoms. The van der Waals surface area contributed by atoms with Gasteiger partial charge in [-0.3, -0.25) is 0 Å². The van der Waals surface area contributed by atoms with Crippen molar-refractivity contribution in [2.45, 2.75) is 0 Å².